The van der Waals surface area contributed by atoms with E-state index in [2.05, 4.69) is 36.1 Å². The summed E-state index contributed by atoms with van der Waals surface area (Å²) in [5.41, 5.74) is 1.88. The molecular weight excluding hydrogens is 264 g/mol. The minimum absolute atomic E-state index is 0.342. The maximum atomic E-state index is 9.20. The predicted octanol–water partition coefficient (Wildman–Crippen LogP) is 4.41. The SMILES string of the molecule is CC1(CNc2ccc(C#N)c3ccccc23)CCCS1. The second kappa shape index (κ2) is 5.38. The van der Waals surface area contributed by atoms with E-state index in [1.165, 1.54) is 18.6 Å². The Morgan fingerprint density at radius 3 is 2.75 bits per heavy atom. The summed E-state index contributed by atoms with van der Waals surface area (Å²) < 4.78 is 0.342. The summed E-state index contributed by atoms with van der Waals surface area (Å²) in [5.74, 6) is 1.27. The number of nitriles is 1. The Labute approximate surface area is 124 Å². The Bertz CT molecular complexity index is 666. The second-order valence-corrected chi connectivity index (χ2v) is 7.26. The van der Waals surface area contributed by atoms with E-state index in [1.807, 2.05) is 30.3 Å². The zero-order chi connectivity index (χ0) is 14.0. The summed E-state index contributed by atoms with van der Waals surface area (Å²) >= 11 is 2.06. The van der Waals surface area contributed by atoms with E-state index in [-0.39, 0.29) is 0 Å². The molecule has 0 aromatic heterocycles. The van der Waals surface area contributed by atoms with E-state index >= 15 is 0 Å². The van der Waals surface area contributed by atoms with Crippen LogP contribution in [-0.2, 0) is 0 Å². The van der Waals surface area contributed by atoms with Crippen molar-refractivity contribution in [2.24, 2.45) is 0 Å². The molecule has 0 radical (unpaired) electrons. The fourth-order valence-electron chi connectivity index (χ4n) is 2.81. The number of rotatable bonds is 3. The van der Waals surface area contributed by atoms with Crippen molar-refractivity contribution in [2.75, 3.05) is 17.6 Å². The molecule has 0 saturated carbocycles. The molecule has 2 aromatic rings. The van der Waals surface area contributed by atoms with Gasteiger partial charge in [0.1, 0.15) is 0 Å². The highest BCUT2D eigenvalue weighted by molar-refractivity contribution is 8.00. The number of thioether (sulfide) groups is 1. The third kappa shape index (κ3) is 2.48. The van der Waals surface area contributed by atoms with E-state index in [1.54, 1.807) is 0 Å². The molecule has 0 spiro atoms. The third-order valence-electron chi connectivity index (χ3n) is 4.00. The van der Waals surface area contributed by atoms with Crippen molar-refractivity contribution in [3.63, 3.8) is 0 Å². The average Bonchev–Trinajstić information content (AvgIpc) is 2.92. The first-order valence-corrected chi connectivity index (χ1v) is 8.00. The first-order chi connectivity index (χ1) is 9.72. The fourth-order valence-corrected chi connectivity index (χ4v) is 4.05. The van der Waals surface area contributed by atoms with Crippen LogP contribution >= 0.6 is 11.8 Å². The van der Waals surface area contributed by atoms with Gasteiger partial charge in [0.15, 0.2) is 0 Å². The van der Waals surface area contributed by atoms with Crippen molar-refractivity contribution in [3.05, 3.63) is 42.0 Å². The zero-order valence-corrected chi connectivity index (χ0v) is 12.5. The standard InChI is InChI=1S/C17H18N2S/c1-17(9-4-10-20-17)12-19-16-8-7-13(11-18)14-5-2-3-6-15(14)16/h2-3,5-8,19H,4,9-10,12H2,1H3. The highest BCUT2D eigenvalue weighted by atomic mass is 32.2. The van der Waals surface area contributed by atoms with Crippen molar-refractivity contribution in [2.45, 2.75) is 24.5 Å². The number of nitrogens with one attached hydrogen (secondary N) is 1. The Morgan fingerprint density at radius 2 is 2.05 bits per heavy atom. The molecule has 20 heavy (non-hydrogen) atoms. The molecule has 0 amide bonds. The molecule has 3 rings (SSSR count). The summed E-state index contributed by atoms with van der Waals surface area (Å²) in [5, 5.41) is 15.0. The second-order valence-electron chi connectivity index (χ2n) is 5.57. The lowest BCUT2D eigenvalue weighted by Crippen LogP contribution is -2.27. The normalized spacial score (nSPS) is 21.8. The van der Waals surface area contributed by atoms with Crippen molar-refractivity contribution in [3.8, 4) is 6.07 Å². The van der Waals surface area contributed by atoms with Crippen LogP contribution in [-0.4, -0.2) is 17.0 Å². The van der Waals surface area contributed by atoms with Gasteiger partial charge in [0.05, 0.1) is 11.6 Å². The number of nitrogens with zero attached hydrogens (tertiary/aromatic N) is 1. The number of fused-ring (bicyclic) bond motifs is 1. The minimum Gasteiger partial charge on any atom is -0.383 e. The van der Waals surface area contributed by atoms with Crippen LogP contribution in [0.2, 0.25) is 0 Å². The molecule has 0 bridgehead atoms. The summed E-state index contributed by atoms with van der Waals surface area (Å²) in [6, 6.07) is 14.3. The fraction of sp³-hybridized carbons (Fsp3) is 0.353. The molecule has 102 valence electrons. The van der Waals surface area contributed by atoms with E-state index in [0.717, 1.165) is 28.6 Å². The van der Waals surface area contributed by atoms with Crippen LogP contribution in [0.1, 0.15) is 25.3 Å². The van der Waals surface area contributed by atoms with Crippen LogP contribution in [0.3, 0.4) is 0 Å². The lowest BCUT2D eigenvalue weighted by Gasteiger charge is -2.24. The lowest BCUT2D eigenvalue weighted by molar-refractivity contribution is 0.635. The van der Waals surface area contributed by atoms with Crippen molar-refractivity contribution in [1.82, 2.24) is 0 Å². The molecule has 3 heteroatoms. The molecule has 1 fully saturated rings. The van der Waals surface area contributed by atoms with Gasteiger partial charge in [-0.25, -0.2) is 0 Å². The summed E-state index contributed by atoms with van der Waals surface area (Å²) in [4.78, 5) is 0. The van der Waals surface area contributed by atoms with E-state index < -0.39 is 0 Å². The van der Waals surface area contributed by atoms with E-state index in [9.17, 15) is 5.26 Å². The number of hydrogen-bond acceptors (Lipinski definition) is 3. The van der Waals surface area contributed by atoms with Gasteiger partial charge >= 0.3 is 0 Å². The van der Waals surface area contributed by atoms with Gasteiger partial charge in [0.25, 0.3) is 0 Å². The average molecular weight is 282 g/mol. The monoisotopic (exact) mass is 282 g/mol. The first-order valence-electron chi connectivity index (χ1n) is 7.02. The topological polar surface area (TPSA) is 35.8 Å². The van der Waals surface area contributed by atoms with Crippen LogP contribution in [0, 0.1) is 11.3 Å². The maximum Gasteiger partial charge on any atom is 0.0998 e. The smallest absolute Gasteiger partial charge is 0.0998 e. The summed E-state index contributed by atoms with van der Waals surface area (Å²) in [7, 11) is 0. The van der Waals surface area contributed by atoms with Crippen molar-refractivity contribution in [1.29, 1.82) is 5.26 Å². The zero-order valence-electron chi connectivity index (χ0n) is 11.6. The van der Waals surface area contributed by atoms with Gasteiger partial charge in [-0.15, -0.1) is 0 Å². The molecule has 2 aromatic carbocycles. The third-order valence-corrected chi connectivity index (χ3v) is 5.54. The molecule has 1 aliphatic heterocycles. The lowest BCUT2D eigenvalue weighted by atomic mass is 10.0. The molecule has 1 heterocycles. The van der Waals surface area contributed by atoms with Crippen LogP contribution in [0.15, 0.2) is 36.4 Å². The Hall–Kier alpha value is -1.66. The molecule has 1 N–H and O–H groups in total. The van der Waals surface area contributed by atoms with Gasteiger partial charge in [-0.1, -0.05) is 24.3 Å². The molecule has 1 saturated heterocycles. The van der Waals surface area contributed by atoms with Crippen molar-refractivity contribution < 1.29 is 0 Å². The highest BCUT2D eigenvalue weighted by Crippen LogP contribution is 2.38. The van der Waals surface area contributed by atoms with Gasteiger partial charge in [0.2, 0.25) is 0 Å². The summed E-state index contributed by atoms with van der Waals surface area (Å²) in [6.07, 6.45) is 2.59. The van der Waals surface area contributed by atoms with Crippen LogP contribution in [0.25, 0.3) is 10.8 Å². The molecule has 1 unspecified atom stereocenters. The Kier molecular flexibility index (Phi) is 3.58. The van der Waals surface area contributed by atoms with Gasteiger partial charge < -0.3 is 5.32 Å². The van der Waals surface area contributed by atoms with E-state index in [4.69, 9.17) is 0 Å². The number of anilines is 1. The largest absolute Gasteiger partial charge is 0.383 e. The van der Waals surface area contributed by atoms with Gasteiger partial charge in [-0.3, -0.25) is 0 Å². The molecular formula is C17H18N2S. The van der Waals surface area contributed by atoms with Crippen molar-refractivity contribution >= 4 is 28.2 Å². The first kappa shape index (κ1) is 13.3. The van der Waals surface area contributed by atoms with Gasteiger partial charge in [-0.05, 0) is 37.7 Å². The predicted molar refractivity (Wildman–Crippen MR) is 87.2 cm³/mol. The Balaban J connectivity index is 1.91. The molecule has 1 aliphatic rings. The summed E-state index contributed by atoms with van der Waals surface area (Å²) in [6.45, 7) is 3.32. The highest BCUT2D eigenvalue weighted by Gasteiger charge is 2.29. The molecule has 1 atom stereocenters. The quantitative estimate of drug-likeness (QED) is 0.905. The van der Waals surface area contributed by atoms with Crippen LogP contribution < -0.4 is 5.32 Å². The minimum atomic E-state index is 0.342. The van der Waals surface area contributed by atoms with E-state index in [0.29, 0.717) is 4.75 Å². The Morgan fingerprint density at radius 1 is 1.25 bits per heavy atom. The molecule has 2 nitrogen and oxygen atoms in total. The number of benzene rings is 2. The van der Waals surface area contributed by atoms with Crippen LogP contribution in [0.5, 0.6) is 0 Å². The number of hydrogen-bond donors (Lipinski definition) is 1. The maximum absolute atomic E-state index is 9.20. The van der Waals surface area contributed by atoms with Gasteiger partial charge in [-0.2, -0.15) is 17.0 Å². The van der Waals surface area contributed by atoms with Crippen LogP contribution in [0.4, 0.5) is 5.69 Å². The van der Waals surface area contributed by atoms with Gasteiger partial charge in [0, 0.05) is 27.8 Å². The molecule has 0 aliphatic carbocycles.